The zero-order chi connectivity index (χ0) is 13.2. The monoisotopic (exact) mass is 259 g/mol. The Kier molecular flexibility index (Phi) is 2.99. The Bertz CT molecular complexity index is 613. The molecule has 3 rings (SSSR count). The summed E-state index contributed by atoms with van der Waals surface area (Å²) in [5, 5.41) is 3.28. The van der Waals surface area contributed by atoms with Crippen molar-refractivity contribution in [2.24, 2.45) is 0 Å². The highest BCUT2D eigenvalue weighted by Gasteiger charge is 2.16. The molecule has 1 N–H and O–H groups in total. The molecular formula is C15H14FNO2. The highest BCUT2D eigenvalue weighted by Crippen LogP contribution is 2.35. The molecule has 0 bridgehead atoms. The molecule has 1 aliphatic rings. The molecule has 2 aromatic rings. The maximum absolute atomic E-state index is 13.0. The Morgan fingerprint density at radius 2 is 2.11 bits per heavy atom. The van der Waals surface area contributed by atoms with Crippen molar-refractivity contribution in [3.05, 3.63) is 53.3 Å². The van der Waals surface area contributed by atoms with E-state index in [0.29, 0.717) is 6.54 Å². The van der Waals surface area contributed by atoms with Crippen molar-refractivity contribution in [1.29, 1.82) is 0 Å². The van der Waals surface area contributed by atoms with Gasteiger partial charge in [-0.2, -0.15) is 0 Å². The molecule has 2 aromatic carbocycles. The smallest absolute Gasteiger partial charge is 0.231 e. The SMILES string of the molecule is Cc1cc(F)ccc1NCc1cccc2c1OCO2. The first-order chi connectivity index (χ1) is 9.24. The van der Waals surface area contributed by atoms with E-state index in [4.69, 9.17) is 9.47 Å². The molecular weight excluding hydrogens is 245 g/mol. The molecule has 0 unspecified atom stereocenters. The lowest BCUT2D eigenvalue weighted by molar-refractivity contribution is 0.173. The van der Waals surface area contributed by atoms with E-state index in [2.05, 4.69) is 5.32 Å². The van der Waals surface area contributed by atoms with Gasteiger partial charge in [-0.25, -0.2) is 4.39 Å². The number of rotatable bonds is 3. The fraction of sp³-hybridized carbons (Fsp3) is 0.200. The molecule has 4 heteroatoms. The van der Waals surface area contributed by atoms with Crippen molar-refractivity contribution in [2.75, 3.05) is 12.1 Å². The molecule has 0 fully saturated rings. The Morgan fingerprint density at radius 3 is 2.95 bits per heavy atom. The van der Waals surface area contributed by atoms with E-state index in [0.717, 1.165) is 28.3 Å². The van der Waals surface area contributed by atoms with Gasteiger partial charge >= 0.3 is 0 Å². The molecule has 0 aromatic heterocycles. The molecule has 0 saturated carbocycles. The zero-order valence-electron chi connectivity index (χ0n) is 10.6. The minimum atomic E-state index is -0.222. The van der Waals surface area contributed by atoms with Crippen LogP contribution in [0.4, 0.5) is 10.1 Å². The summed E-state index contributed by atoms with van der Waals surface area (Å²) in [4.78, 5) is 0. The van der Waals surface area contributed by atoms with Crippen LogP contribution in [0.15, 0.2) is 36.4 Å². The van der Waals surface area contributed by atoms with Crippen LogP contribution in [-0.2, 0) is 6.54 Å². The summed E-state index contributed by atoms with van der Waals surface area (Å²) in [6.07, 6.45) is 0. The van der Waals surface area contributed by atoms with Crippen molar-refractivity contribution >= 4 is 5.69 Å². The fourth-order valence-electron chi connectivity index (χ4n) is 2.15. The lowest BCUT2D eigenvalue weighted by Gasteiger charge is -2.11. The van der Waals surface area contributed by atoms with Gasteiger partial charge in [0, 0.05) is 17.8 Å². The van der Waals surface area contributed by atoms with Crippen LogP contribution in [-0.4, -0.2) is 6.79 Å². The van der Waals surface area contributed by atoms with Crippen LogP contribution in [0, 0.1) is 12.7 Å². The number of nitrogens with one attached hydrogen (secondary N) is 1. The van der Waals surface area contributed by atoms with Crippen molar-refractivity contribution in [1.82, 2.24) is 0 Å². The minimum absolute atomic E-state index is 0.222. The van der Waals surface area contributed by atoms with E-state index >= 15 is 0 Å². The number of para-hydroxylation sites is 1. The van der Waals surface area contributed by atoms with E-state index in [1.54, 1.807) is 6.07 Å². The number of benzene rings is 2. The molecule has 1 heterocycles. The summed E-state index contributed by atoms with van der Waals surface area (Å²) >= 11 is 0. The van der Waals surface area contributed by atoms with Crippen molar-refractivity contribution in [3.8, 4) is 11.5 Å². The third-order valence-electron chi connectivity index (χ3n) is 3.14. The van der Waals surface area contributed by atoms with Crippen molar-refractivity contribution in [3.63, 3.8) is 0 Å². The third-order valence-corrected chi connectivity index (χ3v) is 3.14. The number of anilines is 1. The van der Waals surface area contributed by atoms with Gasteiger partial charge in [0.2, 0.25) is 6.79 Å². The van der Waals surface area contributed by atoms with Gasteiger partial charge in [0.05, 0.1) is 0 Å². The van der Waals surface area contributed by atoms with Crippen LogP contribution in [0.5, 0.6) is 11.5 Å². The van der Waals surface area contributed by atoms with E-state index in [1.165, 1.54) is 12.1 Å². The second-order valence-electron chi connectivity index (χ2n) is 4.46. The number of hydrogen-bond donors (Lipinski definition) is 1. The number of aryl methyl sites for hydroxylation is 1. The molecule has 3 nitrogen and oxygen atoms in total. The Labute approximate surface area is 111 Å². The van der Waals surface area contributed by atoms with Gasteiger partial charge in [0.25, 0.3) is 0 Å². The largest absolute Gasteiger partial charge is 0.454 e. The number of hydrogen-bond acceptors (Lipinski definition) is 3. The summed E-state index contributed by atoms with van der Waals surface area (Å²) in [5.41, 5.74) is 2.82. The summed E-state index contributed by atoms with van der Waals surface area (Å²) in [7, 11) is 0. The van der Waals surface area contributed by atoms with Crippen molar-refractivity contribution in [2.45, 2.75) is 13.5 Å². The lowest BCUT2D eigenvalue weighted by atomic mass is 10.1. The second-order valence-corrected chi connectivity index (χ2v) is 4.46. The average Bonchev–Trinajstić information content (AvgIpc) is 2.86. The van der Waals surface area contributed by atoms with Gasteiger partial charge in [-0.3, -0.25) is 0 Å². The predicted molar refractivity (Wildman–Crippen MR) is 71.0 cm³/mol. The number of halogens is 1. The van der Waals surface area contributed by atoms with Crippen molar-refractivity contribution < 1.29 is 13.9 Å². The first-order valence-electron chi connectivity index (χ1n) is 6.11. The molecule has 0 radical (unpaired) electrons. The van der Waals surface area contributed by atoms with Crippen LogP contribution in [0.2, 0.25) is 0 Å². The van der Waals surface area contributed by atoms with Crippen LogP contribution in [0.1, 0.15) is 11.1 Å². The maximum Gasteiger partial charge on any atom is 0.231 e. The second kappa shape index (κ2) is 4.80. The highest BCUT2D eigenvalue weighted by molar-refractivity contribution is 5.53. The molecule has 0 spiro atoms. The molecule has 0 saturated heterocycles. The first kappa shape index (κ1) is 11.8. The molecule has 1 aliphatic heterocycles. The summed E-state index contributed by atoms with van der Waals surface area (Å²) < 4.78 is 23.8. The number of fused-ring (bicyclic) bond motifs is 1. The molecule has 0 amide bonds. The molecule has 98 valence electrons. The molecule has 0 atom stereocenters. The standard InChI is InChI=1S/C15H14FNO2/c1-10-7-12(16)5-6-13(10)17-8-11-3-2-4-14-15(11)19-9-18-14/h2-7,17H,8-9H2,1H3. The maximum atomic E-state index is 13.0. The van der Waals surface area contributed by atoms with Crippen LogP contribution in [0.25, 0.3) is 0 Å². The lowest BCUT2D eigenvalue weighted by Crippen LogP contribution is -2.02. The van der Waals surface area contributed by atoms with Gasteiger partial charge in [-0.1, -0.05) is 12.1 Å². The van der Waals surface area contributed by atoms with Crippen LogP contribution in [0.3, 0.4) is 0 Å². The summed E-state index contributed by atoms with van der Waals surface area (Å²) in [6.45, 7) is 2.75. The normalized spacial score (nSPS) is 12.5. The molecule has 19 heavy (non-hydrogen) atoms. The third kappa shape index (κ3) is 2.34. The van der Waals surface area contributed by atoms with E-state index in [-0.39, 0.29) is 12.6 Å². The first-order valence-corrected chi connectivity index (χ1v) is 6.11. The summed E-state index contributed by atoms with van der Waals surface area (Å²) in [6, 6.07) is 10.5. The van der Waals surface area contributed by atoms with Gasteiger partial charge in [-0.05, 0) is 36.8 Å². The number of ether oxygens (including phenoxy) is 2. The topological polar surface area (TPSA) is 30.5 Å². The van der Waals surface area contributed by atoms with Gasteiger partial charge in [0.1, 0.15) is 5.82 Å². The van der Waals surface area contributed by atoms with Gasteiger partial charge in [-0.15, -0.1) is 0 Å². The van der Waals surface area contributed by atoms with E-state index in [9.17, 15) is 4.39 Å². The van der Waals surface area contributed by atoms with Gasteiger partial charge in [0.15, 0.2) is 11.5 Å². The quantitative estimate of drug-likeness (QED) is 0.915. The Balaban J connectivity index is 1.78. The zero-order valence-corrected chi connectivity index (χ0v) is 10.6. The van der Waals surface area contributed by atoms with Crippen LogP contribution < -0.4 is 14.8 Å². The average molecular weight is 259 g/mol. The Morgan fingerprint density at radius 1 is 1.21 bits per heavy atom. The van der Waals surface area contributed by atoms with Crippen LogP contribution >= 0.6 is 0 Å². The van der Waals surface area contributed by atoms with E-state index < -0.39 is 0 Å². The highest BCUT2D eigenvalue weighted by atomic mass is 19.1. The fourth-order valence-corrected chi connectivity index (χ4v) is 2.15. The summed E-state index contributed by atoms with van der Waals surface area (Å²) in [5.74, 6) is 1.34. The molecule has 0 aliphatic carbocycles. The minimum Gasteiger partial charge on any atom is -0.454 e. The van der Waals surface area contributed by atoms with Gasteiger partial charge < -0.3 is 14.8 Å². The Hall–Kier alpha value is -2.23. The van der Waals surface area contributed by atoms with E-state index in [1.807, 2.05) is 25.1 Å². The predicted octanol–water partition coefficient (Wildman–Crippen LogP) is 3.47.